The first-order valence-electron chi connectivity index (χ1n) is 9.20. The molecule has 1 heterocycles. The monoisotopic (exact) mass is 476 g/mol. The van der Waals surface area contributed by atoms with Crippen LogP contribution in [0.5, 0.6) is 0 Å². The van der Waals surface area contributed by atoms with Crippen molar-refractivity contribution in [2.45, 2.75) is 31.7 Å². The highest BCUT2D eigenvalue weighted by Gasteiger charge is 2.35. The van der Waals surface area contributed by atoms with E-state index in [9.17, 15) is 35.5 Å². The van der Waals surface area contributed by atoms with Crippen LogP contribution in [0.3, 0.4) is 0 Å². The van der Waals surface area contributed by atoms with Gasteiger partial charge < -0.3 is 10.6 Å². The molecule has 3 aromatic rings. The second-order valence-corrected chi connectivity index (χ2v) is 6.89. The molecule has 0 saturated heterocycles. The van der Waals surface area contributed by atoms with E-state index in [1.807, 2.05) is 0 Å². The topological polar surface area (TPSA) is 84.7 Å². The Hall–Kier alpha value is -3.71. The Balaban J connectivity index is 1.80. The molecule has 14 heteroatoms. The molecule has 0 fully saturated rings. The Morgan fingerprint density at radius 2 is 1.73 bits per heavy atom. The number of alkyl halides is 6. The minimum Gasteiger partial charge on any atom is -0.331 e. The van der Waals surface area contributed by atoms with Crippen LogP contribution in [-0.2, 0) is 6.18 Å². The zero-order chi connectivity index (χ0) is 24.4. The van der Waals surface area contributed by atoms with Crippen LogP contribution in [0.1, 0.15) is 29.4 Å². The van der Waals surface area contributed by atoms with Crippen LogP contribution < -0.4 is 10.6 Å². The number of urea groups is 1. The van der Waals surface area contributed by atoms with Crippen LogP contribution in [0.15, 0.2) is 42.5 Å². The van der Waals surface area contributed by atoms with Gasteiger partial charge in [0.15, 0.2) is 5.82 Å². The zero-order valence-corrected chi connectivity index (χ0v) is 16.7. The molecule has 0 spiro atoms. The number of carbonyl (C=O) groups excluding carboxylic acids is 1. The number of aromatic nitrogens is 4. The molecular formula is C19H15F7N6O. The van der Waals surface area contributed by atoms with Crippen LogP contribution in [0.25, 0.3) is 5.69 Å². The molecule has 3 rings (SSSR count). The highest BCUT2D eigenvalue weighted by molar-refractivity contribution is 5.89. The quantitative estimate of drug-likeness (QED) is 0.511. The van der Waals surface area contributed by atoms with Gasteiger partial charge in [0.1, 0.15) is 11.5 Å². The van der Waals surface area contributed by atoms with E-state index in [0.29, 0.717) is 12.1 Å². The summed E-state index contributed by atoms with van der Waals surface area (Å²) >= 11 is 0. The third-order valence-electron chi connectivity index (χ3n) is 4.44. The number of nitrogens with zero attached hydrogens (tertiary/aromatic N) is 4. The summed E-state index contributed by atoms with van der Waals surface area (Å²) in [5.74, 6) is -0.487. The van der Waals surface area contributed by atoms with Gasteiger partial charge in [-0.25, -0.2) is 9.18 Å². The second kappa shape index (κ2) is 9.03. The van der Waals surface area contributed by atoms with E-state index in [1.54, 1.807) is 0 Å². The van der Waals surface area contributed by atoms with E-state index in [4.69, 9.17) is 0 Å². The summed E-state index contributed by atoms with van der Waals surface area (Å²) in [4.78, 5) is 12.3. The smallest absolute Gasteiger partial charge is 0.331 e. The van der Waals surface area contributed by atoms with E-state index in [1.165, 1.54) is 6.92 Å². The molecule has 0 aliphatic rings. The lowest BCUT2D eigenvalue weighted by Crippen LogP contribution is -2.35. The number of nitrogens with one attached hydrogen (secondary N) is 2. The molecule has 1 unspecified atom stereocenters. The maximum Gasteiger partial charge on any atom is 0.416 e. The van der Waals surface area contributed by atoms with Crippen LogP contribution in [0.4, 0.5) is 41.2 Å². The Labute approximate surface area is 181 Å². The van der Waals surface area contributed by atoms with Crippen LogP contribution in [0.2, 0.25) is 0 Å². The predicted octanol–water partition coefficient (Wildman–Crippen LogP) is 4.94. The number of rotatable bonds is 5. The summed E-state index contributed by atoms with van der Waals surface area (Å²) in [5, 5.41) is 14.9. The molecule has 7 nitrogen and oxygen atoms in total. The Kier molecular flexibility index (Phi) is 6.56. The van der Waals surface area contributed by atoms with Crippen molar-refractivity contribution < 1.29 is 35.5 Å². The van der Waals surface area contributed by atoms with Gasteiger partial charge in [0, 0.05) is 5.69 Å². The van der Waals surface area contributed by atoms with Crippen LogP contribution in [-0.4, -0.2) is 32.4 Å². The number of hydrogen-bond acceptors (Lipinski definition) is 4. The number of anilines is 1. The number of benzene rings is 2. The van der Waals surface area contributed by atoms with E-state index in [2.05, 4.69) is 26.2 Å². The third-order valence-corrected chi connectivity index (χ3v) is 4.44. The minimum atomic E-state index is -4.72. The van der Waals surface area contributed by atoms with Gasteiger partial charge in [0.25, 0.3) is 0 Å². The van der Waals surface area contributed by atoms with Gasteiger partial charge >= 0.3 is 18.4 Å². The van der Waals surface area contributed by atoms with Crippen molar-refractivity contribution in [3.05, 3.63) is 65.2 Å². The molecule has 0 radical (unpaired) electrons. The maximum absolute atomic E-state index is 14.1. The minimum absolute atomic E-state index is 0.0111. The van der Waals surface area contributed by atoms with Gasteiger partial charge in [-0.3, -0.25) is 0 Å². The Morgan fingerprint density at radius 1 is 1.06 bits per heavy atom. The average molecular weight is 476 g/mol. The molecule has 2 amide bonds. The van der Waals surface area contributed by atoms with E-state index in [0.717, 1.165) is 35.0 Å². The van der Waals surface area contributed by atoms with Gasteiger partial charge in [-0.15, -0.1) is 5.10 Å². The Bertz CT molecular complexity index is 1120. The Morgan fingerprint density at radius 3 is 2.27 bits per heavy atom. The number of tetrazole rings is 1. The standard InChI is InChI=1S/C19H15F7N6O/c1-10-29-30-31-32(10)16-8-13(6-7-14(16)20)27-17(33)28-15(9-18(21,22)23)11-2-4-12(5-3-11)19(24,25)26/h2-8,15H,9H2,1H3,(H2,27,28,33). The fraction of sp³-hybridized carbons (Fsp3) is 0.263. The van der Waals surface area contributed by atoms with E-state index in [-0.39, 0.29) is 22.8 Å². The molecule has 0 aliphatic heterocycles. The number of carbonyl (C=O) groups is 1. The summed E-state index contributed by atoms with van der Waals surface area (Å²) in [6, 6.07) is 3.52. The van der Waals surface area contributed by atoms with Crippen molar-refractivity contribution in [2.24, 2.45) is 0 Å². The molecule has 33 heavy (non-hydrogen) atoms. The lowest BCUT2D eigenvalue weighted by molar-refractivity contribution is -0.140. The zero-order valence-electron chi connectivity index (χ0n) is 16.7. The third kappa shape index (κ3) is 6.17. The van der Waals surface area contributed by atoms with E-state index < -0.39 is 42.2 Å². The van der Waals surface area contributed by atoms with Crippen molar-refractivity contribution in [3.63, 3.8) is 0 Å². The van der Waals surface area contributed by atoms with Gasteiger partial charge in [-0.1, -0.05) is 12.1 Å². The van der Waals surface area contributed by atoms with Crippen molar-refractivity contribution in [2.75, 3.05) is 5.32 Å². The number of aryl methyl sites for hydroxylation is 1. The molecule has 0 aliphatic carbocycles. The predicted molar refractivity (Wildman–Crippen MR) is 101 cm³/mol. The second-order valence-electron chi connectivity index (χ2n) is 6.89. The number of amides is 2. The van der Waals surface area contributed by atoms with Gasteiger partial charge in [-0.2, -0.15) is 31.0 Å². The van der Waals surface area contributed by atoms with Crippen molar-refractivity contribution in [1.29, 1.82) is 0 Å². The van der Waals surface area contributed by atoms with Crippen molar-refractivity contribution in [3.8, 4) is 5.69 Å². The SMILES string of the molecule is Cc1nnnn1-c1cc(NC(=O)NC(CC(F)(F)F)c2ccc(C(F)(F)F)cc2)ccc1F. The van der Waals surface area contributed by atoms with Crippen LogP contribution in [0, 0.1) is 12.7 Å². The highest BCUT2D eigenvalue weighted by Crippen LogP contribution is 2.33. The maximum atomic E-state index is 14.1. The molecule has 2 aromatic carbocycles. The lowest BCUT2D eigenvalue weighted by atomic mass is 10.0. The number of hydrogen-bond donors (Lipinski definition) is 2. The molecule has 1 aromatic heterocycles. The first-order valence-corrected chi connectivity index (χ1v) is 9.20. The van der Waals surface area contributed by atoms with Gasteiger partial charge in [0.05, 0.1) is 18.0 Å². The fourth-order valence-electron chi connectivity index (χ4n) is 2.92. The first-order chi connectivity index (χ1) is 15.3. The van der Waals surface area contributed by atoms with E-state index >= 15 is 0 Å². The van der Waals surface area contributed by atoms with Crippen molar-refractivity contribution in [1.82, 2.24) is 25.5 Å². The molecule has 2 N–H and O–H groups in total. The van der Waals surface area contributed by atoms with Crippen molar-refractivity contribution >= 4 is 11.7 Å². The molecule has 1 atom stereocenters. The summed E-state index contributed by atoms with van der Waals surface area (Å²) in [6.45, 7) is 1.50. The fourth-order valence-corrected chi connectivity index (χ4v) is 2.92. The molecule has 0 bridgehead atoms. The first kappa shape index (κ1) is 23.9. The molecular weight excluding hydrogens is 461 g/mol. The summed E-state index contributed by atoms with van der Waals surface area (Å²) in [7, 11) is 0. The summed E-state index contributed by atoms with van der Waals surface area (Å²) < 4.78 is 92.4. The largest absolute Gasteiger partial charge is 0.416 e. The summed E-state index contributed by atoms with van der Waals surface area (Å²) in [6.07, 6.45) is -10.9. The average Bonchev–Trinajstić information content (AvgIpc) is 3.13. The van der Waals surface area contributed by atoms with Crippen LogP contribution >= 0.6 is 0 Å². The lowest BCUT2D eigenvalue weighted by Gasteiger charge is -2.21. The molecule has 176 valence electrons. The molecule has 0 saturated carbocycles. The van der Waals surface area contributed by atoms with Gasteiger partial charge in [0.2, 0.25) is 0 Å². The highest BCUT2D eigenvalue weighted by atomic mass is 19.4. The number of halogens is 7. The van der Waals surface area contributed by atoms with Gasteiger partial charge in [-0.05, 0) is 53.2 Å². The normalized spacial score (nSPS) is 13.0. The summed E-state index contributed by atoms with van der Waals surface area (Å²) in [5.41, 5.74) is -1.33.